The third kappa shape index (κ3) is 19.6. The van der Waals surface area contributed by atoms with Gasteiger partial charge in [0, 0.05) is 0 Å². The Kier molecular flexibility index (Phi) is 20.2. The molecule has 0 heterocycles. The third-order valence-electron chi connectivity index (χ3n) is 3.96. The molecule has 0 aliphatic carbocycles. The smallest absolute Gasteiger partial charge is 0.268 e. The minimum absolute atomic E-state index is 0.530. The summed E-state index contributed by atoms with van der Waals surface area (Å²) < 4.78 is 21.9. The zero-order chi connectivity index (χ0) is 17.7. The first kappa shape index (κ1) is 23.5. The zero-order valence-electron chi connectivity index (χ0n) is 15.5. The first-order chi connectivity index (χ1) is 11.8. The first-order valence-electron chi connectivity index (χ1n) is 9.71. The summed E-state index contributed by atoms with van der Waals surface area (Å²) in [6.07, 6.45) is 20.4. The molecule has 0 unspecified atom stereocenters. The van der Waals surface area contributed by atoms with Crippen molar-refractivity contribution in [2.45, 2.75) is 89.9 Å². The Morgan fingerprint density at radius 1 is 0.583 bits per heavy atom. The van der Waals surface area contributed by atoms with E-state index in [-0.39, 0.29) is 0 Å². The average Bonchev–Trinajstić information content (AvgIpc) is 2.59. The number of rotatable bonds is 20. The van der Waals surface area contributed by atoms with Crippen molar-refractivity contribution in [2.24, 2.45) is 0 Å². The maximum atomic E-state index is 11.5. The van der Waals surface area contributed by atoms with Crippen LogP contribution in [0.5, 0.6) is 0 Å². The molecule has 0 saturated heterocycles. The molecule has 0 bridgehead atoms. The van der Waals surface area contributed by atoms with Crippen molar-refractivity contribution in [3.8, 4) is 0 Å². The molecule has 142 valence electrons. The molecule has 0 aliphatic heterocycles. The van der Waals surface area contributed by atoms with Gasteiger partial charge in [-0.15, -0.1) is 13.2 Å². The van der Waals surface area contributed by atoms with Gasteiger partial charge in [-0.25, -0.2) is 0 Å². The molecular weight excluding hydrogens is 320 g/mol. The Bertz CT molecular complexity index is 277. The van der Waals surface area contributed by atoms with Crippen LogP contribution < -0.4 is 0 Å². The summed E-state index contributed by atoms with van der Waals surface area (Å²) in [6, 6.07) is 0. The molecule has 0 aromatic carbocycles. The summed E-state index contributed by atoms with van der Waals surface area (Å²) in [5, 5.41) is 0. The van der Waals surface area contributed by atoms with Crippen molar-refractivity contribution in [2.75, 3.05) is 13.2 Å². The van der Waals surface area contributed by atoms with E-state index in [2.05, 4.69) is 13.2 Å². The molecule has 0 saturated carbocycles. The summed E-state index contributed by atoms with van der Waals surface area (Å²) in [7, 11) is 0. The van der Waals surface area contributed by atoms with Crippen molar-refractivity contribution in [1.82, 2.24) is 0 Å². The van der Waals surface area contributed by atoms with E-state index in [1.54, 1.807) is 0 Å². The van der Waals surface area contributed by atoms with Crippen LogP contribution in [0.15, 0.2) is 25.3 Å². The lowest BCUT2D eigenvalue weighted by molar-refractivity contribution is 0.240. The Hall–Kier alpha value is -0.450. The van der Waals surface area contributed by atoms with Gasteiger partial charge < -0.3 is 0 Å². The van der Waals surface area contributed by atoms with Crippen molar-refractivity contribution < 1.29 is 12.6 Å². The molecule has 0 aliphatic rings. The van der Waals surface area contributed by atoms with Crippen LogP contribution in [0.1, 0.15) is 89.9 Å². The predicted octanol–water partition coefficient (Wildman–Crippen LogP) is 6.43. The Balaban J connectivity index is 3.16. The lowest BCUT2D eigenvalue weighted by Gasteiger charge is -2.05. The highest BCUT2D eigenvalue weighted by Gasteiger charge is 2.01. The van der Waals surface area contributed by atoms with Crippen LogP contribution in [0.4, 0.5) is 0 Å². The molecule has 0 rings (SSSR count). The molecule has 0 aromatic rings. The van der Waals surface area contributed by atoms with Crippen molar-refractivity contribution in [1.29, 1.82) is 0 Å². The molecule has 3 nitrogen and oxygen atoms in total. The predicted molar refractivity (Wildman–Crippen MR) is 105 cm³/mol. The SMILES string of the molecule is C=CCCCCCCCCOS(=O)OCCCCCCCCC=C. The molecule has 4 heteroatoms. The van der Waals surface area contributed by atoms with Gasteiger partial charge in [0.05, 0.1) is 13.2 Å². The molecule has 0 N–H and O–H groups in total. The molecule has 0 fully saturated rings. The topological polar surface area (TPSA) is 35.5 Å². The van der Waals surface area contributed by atoms with Gasteiger partial charge in [0.25, 0.3) is 0 Å². The quantitative estimate of drug-likeness (QED) is 0.186. The van der Waals surface area contributed by atoms with Gasteiger partial charge in [-0.1, -0.05) is 63.5 Å². The molecular formula is C20H38O3S. The van der Waals surface area contributed by atoms with E-state index in [1.165, 1.54) is 51.4 Å². The van der Waals surface area contributed by atoms with E-state index in [0.29, 0.717) is 13.2 Å². The number of hydrogen-bond donors (Lipinski definition) is 0. The van der Waals surface area contributed by atoms with Gasteiger partial charge >= 0.3 is 11.4 Å². The lowest BCUT2D eigenvalue weighted by atomic mass is 10.1. The summed E-state index contributed by atoms with van der Waals surface area (Å²) in [5.74, 6) is 0. The molecule has 0 spiro atoms. The van der Waals surface area contributed by atoms with Gasteiger partial charge in [-0.3, -0.25) is 8.37 Å². The summed E-state index contributed by atoms with van der Waals surface area (Å²) >= 11 is -1.57. The lowest BCUT2D eigenvalue weighted by Crippen LogP contribution is -2.05. The van der Waals surface area contributed by atoms with Crippen molar-refractivity contribution in [3.05, 3.63) is 25.3 Å². The second-order valence-electron chi connectivity index (χ2n) is 6.25. The van der Waals surface area contributed by atoms with Gasteiger partial charge in [0.2, 0.25) is 0 Å². The average molecular weight is 359 g/mol. The second-order valence-corrected chi connectivity index (χ2v) is 7.13. The highest BCUT2D eigenvalue weighted by atomic mass is 32.2. The van der Waals surface area contributed by atoms with Crippen LogP contribution >= 0.6 is 0 Å². The zero-order valence-corrected chi connectivity index (χ0v) is 16.3. The van der Waals surface area contributed by atoms with E-state index in [1.807, 2.05) is 12.2 Å². The molecule has 0 radical (unpaired) electrons. The number of allylic oxidation sites excluding steroid dienone is 2. The van der Waals surface area contributed by atoms with E-state index in [0.717, 1.165) is 38.5 Å². The monoisotopic (exact) mass is 358 g/mol. The maximum absolute atomic E-state index is 11.5. The van der Waals surface area contributed by atoms with E-state index in [4.69, 9.17) is 8.37 Å². The van der Waals surface area contributed by atoms with Crippen LogP contribution in [0.3, 0.4) is 0 Å². The van der Waals surface area contributed by atoms with Gasteiger partial charge in [0.1, 0.15) is 0 Å². The highest BCUT2D eigenvalue weighted by molar-refractivity contribution is 7.75. The van der Waals surface area contributed by atoms with Crippen LogP contribution in [0, 0.1) is 0 Å². The van der Waals surface area contributed by atoms with Crippen LogP contribution in [-0.2, 0) is 19.7 Å². The van der Waals surface area contributed by atoms with E-state index >= 15 is 0 Å². The van der Waals surface area contributed by atoms with Crippen molar-refractivity contribution in [3.63, 3.8) is 0 Å². The minimum Gasteiger partial charge on any atom is -0.268 e. The van der Waals surface area contributed by atoms with Crippen LogP contribution in [-0.4, -0.2) is 17.4 Å². The largest absolute Gasteiger partial charge is 0.304 e. The van der Waals surface area contributed by atoms with Crippen molar-refractivity contribution >= 4 is 11.4 Å². The maximum Gasteiger partial charge on any atom is 0.304 e. The van der Waals surface area contributed by atoms with E-state index < -0.39 is 11.4 Å². The Morgan fingerprint density at radius 3 is 1.29 bits per heavy atom. The number of hydrogen-bond acceptors (Lipinski definition) is 3. The van der Waals surface area contributed by atoms with E-state index in [9.17, 15) is 4.21 Å². The third-order valence-corrected chi connectivity index (χ3v) is 4.68. The molecule has 0 amide bonds. The standard InChI is InChI=1S/C20H38O3S/c1-3-5-7-9-11-13-15-17-19-22-24(21)23-20-18-16-14-12-10-8-6-4-2/h3-4H,1-2,5-20H2. The fourth-order valence-corrected chi connectivity index (χ4v) is 3.06. The summed E-state index contributed by atoms with van der Waals surface area (Å²) in [6.45, 7) is 8.51. The van der Waals surface area contributed by atoms with Gasteiger partial charge in [-0.05, 0) is 38.5 Å². The minimum atomic E-state index is -1.57. The molecule has 0 atom stereocenters. The van der Waals surface area contributed by atoms with Crippen LogP contribution in [0.25, 0.3) is 0 Å². The molecule has 0 aromatic heterocycles. The summed E-state index contributed by atoms with van der Waals surface area (Å²) in [5.41, 5.74) is 0. The van der Waals surface area contributed by atoms with Crippen LogP contribution in [0.2, 0.25) is 0 Å². The number of unbranched alkanes of at least 4 members (excludes halogenated alkanes) is 12. The fraction of sp³-hybridized carbons (Fsp3) is 0.800. The Morgan fingerprint density at radius 2 is 0.917 bits per heavy atom. The van der Waals surface area contributed by atoms with Gasteiger partial charge in [0.15, 0.2) is 0 Å². The molecule has 24 heavy (non-hydrogen) atoms. The first-order valence-corrected chi connectivity index (χ1v) is 10.7. The normalized spacial score (nSPS) is 11.0. The second kappa shape index (κ2) is 20.6. The fourth-order valence-electron chi connectivity index (χ4n) is 2.48. The van der Waals surface area contributed by atoms with Gasteiger partial charge in [-0.2, -0.15) is 4.21 Å². The highest BCUT2D eigenvalue weighted by Crippen LogP contribution is 2.09. The summed E-state index contributed by atoms with van der Waals surface area (Å²) in [4.78, 5) is 0. The Labute approximate surface area is 152 Å².